The minimum Gasteiger partial charge on any atom is -0.463 e. The highest BCUT2D eigenvalue weighted by Crippen LogP contribution is 2.08. The standard InChI is InChI=1S/C19H24N4O2/c1-16(18-8-5-13-25-18)20-21-19(24)15-23-11-9-22(10-12-23)14-17-6-3-2-4-7-17/h2-8,13H,9-12,14-15H2,1H3,(H,21,24)/b20-16+. The molecule has 0 aliphatic carbocycles. The zero-order valence-electron chi connectivity index (χ0n) is 14.5. The van der Waals surface area contributed by atoms with Crippen molar-refractivity contribution in [2.45, 2.75) is 13.5 Å². The predicted octanol–water partition coefficient (Wildman–Crippen LogP) is 1.94. The summed E-state index contributed by atoms with van der Waals surface area (Å²) in [5, 5.41) is 4.09. The average Bonchev–Trinajstić information content (AvgIpc) is 3.17. The van der Waals surface area contributed by atoms with Gasteiger partial charge in [0.25, 0.3) is 5.91 Å². The fourth-order valence-electron chi connectivity index (χ4n) is 2.87. The van der Waals surface area contributed by atoms with Crippen molar-refractivity contribution in [2.24, 2.45) is 5.10 Å². The molecule has 1 aromatic carbocycles. The molecular weight excluding hydrogens is 316 g/mol. The number of rotatable bonds is 6. The summed E-state index contributed by atoms with van der Waals surface area (Å²) < 4.78 is 5.24. The van der Waals surface area contributed by atoms with Gasteiger partial charge in [0.1, 0.15) is 11.5 Å². The molecule has 0 unspecified atom stereocenters. The van der Waals surface area contributed by atoms with Crippen LogP contribution >= 0.6 is 0 Å². The number of nitrogens with one attached hydrogen (secondary N) is 1. The summed E-state index contributed by atoms with van der Waals surface area (Å²) in [4.78, 5) is 16.6. The maximum atomic E-state index is 12.1. The fourth-order valence-corrected chi connectivity index (χ4v) is 2.87. The Labute approximate surface area is 148 Å². The molecule has 132 valence electrons. The summed E-state index contributed by atoms with van der Waals surface area (Å²) in [5.41, 5.74) is 4.59. The van der Waals surface area contributed by atoms with Crippen LogP contribution in [0.5, 0.6) is 0 Å². The van der Waals surface area contributed by atoms with Gasteiger partial charge in [-0.15, -0.1) is 0 Å². The van der Waals surface area contributed by atoms with Crippen LogP contribution in [-0.2, 0) is 11.3 Å². The molecule has 2 heterocycles. The summed E-state index contributed by atoms with van der Waals surface area (Å²) in [5.74, 6) is 0.567. The summed E-state index contributed by atoms with van der Waals surface area (Å²) in [6.07, 6.45) is 1.59. The molecule has 1 amide bonds. The van der Waals surface area contributed by atoms with E-state index in [4.69, 9.17) is 4.42 Å². The van der Waals surface area contributed by atoms with Crippen molar-refractivity contribution in [1.82, 2.24) is 15.2 Å². The van der Waals surface area contributed by atoms with Crippen molar-refractivity contribution < 1.29 is 9.21 Å². The van der Waals surface area contributed by atoms with Crippen LogP contribution in [0.2, 0.25) is 0 Å². The molecule has 1 saturated heterocycles. The Bertz CT molecular complexity index is 689. The van der Waals surface area contributed by atoms with E-state index >= 15 is 0 Å². The zero-order chi connectivity index (χ0) is 17.5. The van der Waals surface area contributed by atoms with Crippen molar-refractivity contribution >= 4 is 11.6 Å². The van der Waals surface area contributed by atoms with Gasteiger partial charge < -0.3 is 4.42 Å². The molecule has 1 aliphatic rings. The van der Waals surface area contributed by atoms with Crippen molar-refractivity contribution in [1.29, 1.82) is 0 Å². The first-order valence-electron chi connectivity index (χ1n) is 8.56. The largest absolute Gasteiger partial charge is 0.463 e. The lowest BCUT2D eigenvalue weighted by molar-refractivity contribution is -0.122. The molecule has 6 nitrogen and oxygen atoms in total. The smallest absolute Gasteiger partial charge is 0.254 e. The second-order valence-electron chi connectivity index (χ2n) is 6.25. The SMILES string of the molecule is C/C(=N\NC(=O)CN1CCN(Cc2ccccc2)CC1)c1ccco1. The molecule has 0 radical (unpaired) electrons. The summed E-state index contributed by atoms with van der Waals surface area (Å²) >= 11 is 0. The van der Waals surface area contributed by atoms with E-state index in [9.17, 15) is 4.79 Å². The van der Waals surface area contributed by atoms with Gasteiger partial charge in [-0.2, -0.15) is 5.10 Å². The summed E-state index contributed by atoms with van der Waals surface area (Å²) in [6.45, 7) is 6.86. The Morgan fingerprint density at radius 1 is 1.08 bits per heavy atom. The molecule has 1 fully saturated rings. The molecule has 0 atom stereocenters. The minimum atomic E-state index is -0.0950. The lowest BCUT2D eigenvalue weighted by atomic mass is 10.2. The second-order valence-corrected chi connectivity index (χ2v) is 6.25. The van der Waals surface area contributed by atoms with Gasteiger partial charge in [0.2, 0.25) is 0 Å². The number of nitrogens with zero attached hydrogens (tertiary/aromatic N) is 3. The highest BCUT2D eigenvalue weighted by molar-refractivity contribution is 5.96. The van der Waals surface area contributed by atoms with Crippen LogP contribution in [-0.4, -0.2) is 54.1 Å². The number of piperazine rings is 1. The summed E-state index contributed by atoms with van der Waals surface area (Å²) in [7, 11) is 0. The minimum absolute atomic E-state index is 0.0950. The Hall–Kier alpha value is -2.44. The highest BCUT2D eigenvalue weighted by Gasteiger charge is 2.18. The Morgan fingerprint density at radius 2 is 1.80 bits per heavy atom. The third-order valence-electron chi connectivity index (χ3n) is 4.31. The number of furan rings is 1. The predicted molar refractivity (Wildman–Crippen MR) is 97.2 cm³/mol. The van der Waals surface area contributed by atoms with E-state index in [2.05, 4.69) is 44.6 Å². The summed E-state index contributed by atoms with van der Waals surface area (Å²) in [6, 6.07) is 14.1. The third-order valence-corrected chi connectivity index (χ3v) is 4.31. The van der Waals surface area contributed by atoms with Crippen LogP contribution in [0, 0.1) is 0 Å². The molecule has 1 aliphatic heterocycles. The maximum Gasteiger partial charge on any atom is 0.254 e. The highest BCUT2D eigenvalue weighted by atomic mass is 16.3. The first-order chi connectivity index (χ1) is 12.2. The molecular formula is C19H24N4O2. The average molecular weight is 340 g/mol. The quantitative estimate of drug-likeness (QED) is 0.645. The number of benzene rings is 1. The van der Waals surface area contributed by atoms with Crippen LogP contribution in [0.3, 0.4) is 0 Å². The molecule has 25 heavy (non-hydrogen) atoms. The number of hydrogen-bond donors (Lipinski definition) is 1. The number of carbonyl (C=O) groups is 1. The maximum absolute atomic E-state index is 12.1. The van der Waals surface area contributed by atoms with Crippen LogP contribution < -0.4 is 5.43 Å². The van der Waals surface area contributed by atoms with Gasteiger partial charge in [-0.05, 0) is 24.6 Å². The molecule has 0 bridgehead atoms. The molecule has 3 rings (SSSR count). The second kappa shape index (κ2) is 8.60. The molecule has 1 N–H and O–H groups in total. The molecule has 2 aromatic rings. The Morgan fingerprint density at radius 3 is 2.48 bits per heavy atom. The topological polar surface area (TPSA) is 61.1 Å². The first-order valence-corrected chi connectivity index (χ1v) is 8.56. The fraction of sp³-hybridized carbons (Fsp3) is 0.368. The normalized spacial score (nSPS) is 16.8. The van der Waals surface area contributed by atoms with Gasteiger partial charge in [-0.3, -0.25) is 14.6 Å². The van der Waals surface area contributed by atoms with E-state index in [1.54, 1.807) is 12.3 Å². The lowest BCUT2D eigenvalue weighted by Gasteiger charge is -2.34. The first kappa shape index (κ1) is 17.4. The molecule has 0 saturated carbocycles. The molecule has 0 spiro atoms. The molecule has 6 heteroatoms. The Balaban J connectivity index is 1.40. The number of amides is 1. The van der Waals surface area contributed by atoms with Crippen molar-refractivity contribution in [2.75, 3.05) is 32.7 Å². The van der Waals surface area contributed by atoms with Gasteiger partial charge in [-0.25, -0.2) is 5.43 Å². The van der Waals surface area contributed by atoms with E-state index in [1.165, 1.54) is 5.56 Å². The number of hydrogen-bond acceptors (Lipinski definition) is 5. The van der Waals surface area contributed by atoms with Crippen LogP contribution in [0.15, 0.2) is 58.2 Å². The van der Waals surface area contributed by atoms with Crippen LogP contribution in [0.1, 0.15) is 18.2 Å². The van der Waals surface area contributed by atoms with Crippen LogP contribution in [0.25, 0.3) is 0 Å². The van der Waals surface area contributed by atoms with Crippen molar-refractivity contribution in [3.63, 3.8) is 0 Å². The van der Waals surface area contributed by atoms with Gasteiger partial charge in [0, 0.05) is 32.7 Å². The third kappa shape index (κ3) is 5.27. The van der Waals surface area contributed by atoms with Gasteiger partial charge in [0.05, 0.1) is 12.8 Å². The Kier molecular flexibility index (Phi) is 5.98. The monoisotopic (exact) mass is 340 g/mol. The van der Waals surface area contributed by atoms with E-state index in [-0.39, 0.29) is 5.91 Å². The zero-order valence-corrected chi connectivity index (χ0v) is 14.5. The molecule has 1 aromatic heterocycles. The van der Waals surface area contributed by atoms with Crippen molar-refractivity contribution in [3.8, 4) is 0 Å². The van der Waals surface area contributed by atoms with E-state index in [1.807, 2.05) is 19.1 Å². The number of carbonyl (C=O) groups excluding carboxylic acids is 1. The van der Waals surface area contributed by atoms with Gasteiger partial charge in [0.15, 0.2) is 0 Å². The number of hydrazone groups is 1. The van der Waals surface area contributed by atoms with Crippen molar-refractivity contribution in [3.05, 3.63) is 60.1 Å². The van der Waals surface area contributed by atoms with Crippen LogP contribution in [0.4, 0.5) is 0 Å². The van der Waals surface area contributed by atoms with Gasteiger partial charge in [-0.1, -0.05) is 30.3 Å². The van der Waals surface area contributed by atoms with E-state index in [0.29, 0.717) is 18.0 Å². The van der Waals surface area contributed by atoms with Gasteiger partial charge >= 0.3 is 0 Å². The van der Waals surface area contributed by atoms with E-state index in [0.717, 1.165) is 32.7 Å². The lowest BCUT2D eigenvalue weighted by Crippen LogP contribution is -2.48. The van der Waals surface area contributed by atoms with E-state index < -0.39 is 0 Å².